The van der Waals surface area contributed by atoms with E-state index in [2.05, 4.69) is 26.9 Å². The third kappa shape index (κ3) is 2.71. The second-order valence-electron chi connectivity index (χ2n) is 5.25. The number of halogens is 1. The smallest absolute Gasteiger partial charge is 0.123 e. The molecular weight excluding hydrogens is 294 g/mol. The molecule has 1 fully saturated rings. The van der Waals surface area contributed by atoms with Crippen molar-refractivity contribution in [1.82, 2.24) is 4.90 Å². The summed E-state index contributed by atoms with van der Waals surface area (Å²) < 4.78 is 7.07. The number of benzene rings is 1. The number of piperidine rings is 1. The zero-order chi connectivity index (χ0) is 12.5. The van der Waals surface area contributed by atoms with Crippen molar-refractivity contribution in [2.24, 2.45) is 0 Å². The first-order valence-corrected chi connectivity index (χ1v) is 7.35. The van der Waals surface area contributed by atoms with Crippen molar-refractivity contribution < 1.29 is 9.84 Å². The van der Waals surface area contributed by atoms with Crippen LogP contribution >= 0.6 is 15.9 Å². The average molecular weight is 312 g/mol. The molecule has 0 amide bonds. The number of hydrogen-bond acceptors (Lipinski definition) is 3. The van der Waals surface area contributed by atoms with Crippen LogP contribution in [0.2, 0.25) is 0 Å². The fourth-order valence-corrected chi connectivity index (χ4v) is 3.28. The molecule has 1 N–H and O–H groups in total. The molecule has 1 saturated heterocycles. The van der Waals surface area contributed by atoms with Gasteiger partial charge in [-0.05, 0) is 43.1 Å². The minimum atomic E-state index is -0.156. The Balaban J connectivity index is 1.60. The van der Waals surface area contributed by atoms with E-state index in [1.165, 1.54) is 5.56 Å². The number of fused-ring (bicyclic) bond motifs is 1. The molecule has 0 bridgehead atoms. The summed E-state index contributed by atoms with van der Waals surface area (Å²) in [5.74, 6) is 1.01. The van der Waals surface area contributed by atoms with Crippen molar-refractivity contribution in [2.45, 2.75) is 31.5 Å². The summed E-state index contributed by atoms with van der Waals surface area (Å²) in [6, 6.07) is 6.19. The van der Waals surface area contributed by atoms with Crippen LogP contribution in [0.4, 0.5) is 0 Å². The van der Waals surface area contributed by atoms with Crippen LogP contribution < -0.4 is 4.74 Å². The average Bonchev–Trinajstić information content (AvgIpc) is 2.70. The SMILES string of the molecule is O[C@H]1CCCN(CC2Cc3cc(Br)ccc3O2)C1. The largest absolute Gasteiger partial charge is 0.488 e. The number of likely N-dealkylation sites (tertiary alicyclic amines) is 1. The highest BCUT2D eigenvalue weighted by Crippen LogP contribution is 2.31. The Bertz CT molecular complexity index is 438. The molecule has 3 rings (SSSR count). The highest BCUT2D eigenvalue weighted by atomic mass is 79.9. The van der Waals surface area contributed by atoms with Crippen LogP contribution in [-0.2, 0) is 6.42 Å². The number of aliphatic hydroxyl groups excluding tert-OH is 1. The molecule has 1 aromatic rings. The molecular formula is C14H18BrNO2. The minimum absolute atomic E-state index is 0.156. The van der Waals surface area contributed by atoms with Crippen LogP contribution in [0, 0.1) is 0 Å². The van der Waals surface area contributed by atoms with E-state index in [0.29, 0.717) is 0 Å². The van der Waals surface area contributed by atoms with Crippen molar-refractivity contribution in [3.8, 4) is 5.75 Å². The van der Waals surface area contributed by atoms with Gasteiger partial charge in [0.25, 0.3) is 0 Å². The normalized spacial score (nSPS) is 27.9. The Morgan fingerprint density at radius 3 is 3.17 bits per heavy atom. The van der Waals surface area contributed by atoms with Crippen molar-refractivity contribution in [2.75, 3.05) is 19.6 Å². The van der Waals surface area contributed by atoms with Crippen molar-refractivity contribution in [1.29, 1.82) is 0 Å². The lowest BCUT2D eigenvalue weighted by molar-refractivity contribution is 0.0502. The second kappa shape index (κ2) is 5.19. The standard InChI is InChI=1S/C14H18BrNO2/c15-11-3-4-14-10(6-11)7-13(18-14)9-16-5-1-2-12(17)8-16/h3-4,6,12-13,17H,1-2,5,7-9H2/t12-,13?/m0/s1. The van der Waals surface area contributed by atoms with Crippen molar-refractivity contribution in [3.63, 3.8) is 0 Å². The number of nitrogens with zero attached hydrogens (tertiary/aromatic N) is 1. The van der Waals surface area contributed by atoms with E-state index in [1.54, 1.807) is 0 Å². The van der Waals surface area contributed by atoms with Gasteiger partial charge in [0.05, 0.1) is 6.10 Å². The summed E-state index contributed by atoms with van der Waals surface area (Å²) in [4.78, 5) is 2.32. The summed E-state index contributed by atoms with van der Waals surface area (Å²) in [7, 11) is 0. The molecule has 0 saturated carbocycles. The maximum absolute atomic E-state index is 9.67. The number of ether oxygens (including phenoxy) is 1. The number of hydrogen-bond donors (Lipinski definition) is 1. The van der Waals surface area contributed by atoms with Crippen LogP contribution in [0.25, 0.3) is 0 Å². The van der Waals surface area contributed by atoms with Crippen molar-refractivity contribution >= 4 is 15.9 Å². The summed E-state index contributed by atoms with van der Waals surface area (Å²) in [6.45, 7) is 2.79. The Labute approximate surface area is 116 Å². The number of rotatable bonds is 2. The molecule has 3 nitrogen and oxygen atoms in total. The molecule has 98 valence electrons. The summed E-state index contributed by atoms with van der Waals surface area (Å²) in [6.07, 6.45) is 3.08. The van der Waals surface area contributed by atoms with Gasteiger partial charge in [-0.25, -0.2) is 0 Å². The van der Waals surface area contributed by atoms with Gasteiger partial charge in [0.2, 0.25) is 0 Å². The van der Waals surface area contributed by atoms with Crippen LogP contribution in [0.5, 0.6) is 5.75 Å². The molecule has 2 atom stereocenters. The van der Waals surface area contributed by atoms with Gasteiger partial charge >= 0.3 is 0 Å². The Kier molecular flexibility index (Phi) is 3.59. The molecule has 0 aromatic heterocycles. The zero-order valence-corrected chi connectivity index (χ0v) is 11.9. The third-order valence-electron chi connectivity index (χ3n) is 3.71. The number of aliphatic hydroxyl groups is 1. The Morgan fingerprint density at radius 2 is 2.33 bits per heavy atom. The van der Waals surface area contributed by atoms with Gasteiger partial charge < -0.3 is 9.84 Å². The first-order valence-electron chi connectivity index (χ1n) is 6.56. The van der Waals surface area contributed by atoms with Gasteiger partial charge in [0.1, 0.15) is 11.9 Å². The molecule has 2 aliphatic rings. The van der Waals surface area contributed by atoms with Crippen LogP contribution in [0.15, 0.2) is 22.7 Å². The lowest BCUT2D eigenvalue weighted by atomic mass is 10.1. The summed E-state index contributed by atoms with van der Waals surface area (Å²) in [5, 5.41) is 9.67. The van der Waals surface area contributed by atoms with Crippen LogP contribution in [-0.4, -0.2) is 41.8 Å². The number of β-amino-alcohol motifs (C(OH)–C–C–N with tert-alkyl or cyclic N) is 1. The molecule has 2 heterocycles. The quantitative estimate of drug-likeness (QED) is 0.909. The van der Waals surface area contributed by atoms with Crippen LogP contribution in [0.3, 0.4) is 0 Å². The predicted octanol–water partition coefficient (Wildman–Crippen LogP) is 2.21. The first kappa shape index (κ1) is 12.5. The topological polar surface area (TPSA) is 32.7 Å². The van der Waals surface area contributed by atoms with Gasteiger partial charge in [0, 0.05) is 24.0 Å². The van der Waals surface area contributed by atoms with Crippen LogP contribution in [0.1, 0.15) is 18.4 Å². The van der Waals surface area contributed by atoms with E-state index in [0.717, 1.165) is 49.1 Å². The molecule has 0 spiro atoms. The van der Waals surface area contributed by atoms with Gasteiger partial charge in [-0.15, -0.1) is 0 Å². The van der Waals surface area contributed by atoms with Gasteiger partial charge in [0.15, 0.2) is 0 Å². The predicted molar refractivity (Wildman–Crippen MR) is 73.9 cm³/mol. The maximum Gasteiger partial charge on any atom is 0.123 e. The molecule has 2 aliphatic heterocycles. The lowest BCUT2D eigenvalue weighted by Crippen LogP contribution is -2.43. The molecule has 0 radical (unpaired) electrons. The highest BCUT2D eigenvalue weighted by molar-refractivity contribution is 9.10. The maximum atomic E-state index is 9.67. The van der Waals surface area contributed by atoms with Crippen molar-refractivity contribution in [3.05, 3.63) is 28.2 Å². The second-order valence-corrected chi connectivity index (χ2v) is 6.17. The molecule has 1 aromatic carbocycles. The van der Waals surface area contributed by atoms with E-state index in [1.807, 2.05) is 12.1 Å². The zero-order valence-electron chi connectivity index (χ0n) is 10.3. The fourth-order valence-electron chi connectivity index (χ4n) is 2.88. The Morgan fingerprint density at radius 1 is 1.44 bits per heavy atom. The summed E-state index contributed by atoms with van der Waals surface area (Å²) >= 11 is 3.49. The molecule has 1 unspecified atom stereocenters. The molecule has 0 aliphatic carbocycles. The Hall–Kier alpha value is -0.580. The van der Waals surface area contributed by atoms with E-state index in [4.69, 9.17) is 4.74 Å². The molecule has 4 heteroatoms. The monoisotopic (exact) mass is 311 g/mol. The van der Waals surface area contributed by atoms with E-state index in [9.17, 15) is 5.11 Å². The van der Waals surface area contributed by atoms with Gasteiger partial charge in [-0.3, -0.25) is 4.90 Å². The lowest BCUT2D eigenvalue weighted by Gasteiger charge is -2.31. The third-order valence-corrected chi connectivity index (χ3v) is 4.20. The van der Waals surface area contributed by atoms with Gasteiger partial charge in [-0.1, -0.05) is 15.9 Å². The fraction of sp³-hybridized carbons (Fsp3) is 0.571. The highest BCUT2D eigenvalue weighted by Gasteiger charge is 2.27. The minimum Gasteiger partial charge on any atom is -0.488 e. The van der Waals surface area contributed by atoms with E-state index < -0.39 is 0 Å². The van der Waals surface area contributed by atoms with Gasteiger partial charge in [-0.2, -0.15) is 0 Å². The van der Waals surface area contributed by atoms with E-state index >= 15 is 0 Å². The first-order chi connectivity index (χ1) is 8.70. The molecule has 18 heavy (non-hydrogen) atoms. The summed E-state index contributed by atoms with van der Waals surface area (Å²) in [5.41, 5.74) is 1.28. The van der Waals surface area contributed by atoms with E-state index in [-0.39, 0.29) is 12.2 Å².